The van der Waals surface area contributed by atoms with Gasteiger partial charge in [-0.3, -0.25) is 9.69 Å². The molecular formula is C28H32N2O3. The van der Waals surface area contributed by atoms with E-state index in [4.69, 9.17) is 4.74 Å². The van der Waals surface area contributed by atoms with Crippen molar-refractivity contribution in [2.24, 2.45) is 0 Å². The van der Waals surface area contributed by atoms with Crippen LogP contribution >= 0.6 is 0 Å². The van der Waals surface area contributed by atoms with Crippen LogP contribution in [0.5, 0.6) is 5.75 Å². The van der Waals surface area contributed by atoms with Crippen molar-refractivity contribution in [1.82, 2.24) is 4.90 Å². The van der Waals surface area contributed by atoms with Crippen LogP contribution in [0.25, 0.3) is 0 Å². The van der Waals surface area contributed by atoms with Gasteiger partial charge in [-0.05, 0) is 49.7 Å². The van der Waals surface area contributed by atoms with E-state index in [1.165, 1.54) is 16.8 Å². The highest BCUT2D eigenvalue weighted by atomic mass is 16.5. The van der Waals surface area contributed by atoms with Gasteiger partial charge >= 0.3 is 0 Å². The van der Waals surface area contributed by atoms with E-state index in [-0.39, 0.29) is 12.4 Å². The van der Waals surface area contributed by atoms with Gasteiger partial charge in [-0.2, -0.15) is 0 Å². The SMILES string of the molecule is Cc1ccc(N2CCN(CC(O)COc3ccc(C(=O)c4ccccc4)cc3)CC2)c(C)c1. The highest BCUT2D eigenvalue weighted by molar-refractivity contribution is 6.08. The minimum atomic E-state index is -0.566. The number of ether oxygens (including phenoxy) is 1. The number of nitrogens with zero attached hydrogens (tertiary/aromatic N) is 2. The lowest BCUT2D eigenvalue weighted by molar-refractivity contribution is 0.0663. The number of β-amino-alcohol motifs (C(OH)–C–C–N with tert-alkyl or cyclic N) is 1. The molecule has 0 spiro atoms. The number of piperazine rings is 1. The lowest BCUT2D eigenvalue weighted by Crippen LogP contribution is -2.49. The molecule has 1 fully saturated rings. The monoisotopic (exact) mass is 444 g/mol. The number of benzene rings is 3. The van der Waals surface area contributed by atoms with Gasteiger partial charge in [-0.15, -0.1) is 0 Å². The Bertz CT molecular complexity index is 1060. The average Bonchev–Trinajstić information content (AvgIpc) is 2.84. The van der Waals surface area contributed by atoms with E-state index in [1.807, 2.05) is 30.3 Å². The molecule has 172 valence electrons. The van der Waals surface area contributed by atoms with Gasteiger partial charge in [0, 0.05) is 49.5 Å². The van der Waals surface area contributed by atoms with Crippen LogP contribution in [0.3, 0.4) is 0 Å². The summed E-state index contributed by atoms with van der Waals surface area (Å²) < 4.78 is 5.77. The lowest BCUT2D eigenvalue weighted by atomic mass is 10.0. The zero-order valence-electron chi connectivity index (χ0n) is 19.4. The maximum Gasteiger partial charge on any atom is 0.193 e. The molecule has 1 saturated heterocycles. The summed E-state index contributed by atoms with van der Waals surface area (Å²) in [4.78, 5) is 17.2. The smallest absolute Gasteiger partial charge is 0.193 e. The molecule has 3 aromatic carbocycles. The Morgan fingerprint density at radius 1 is 0.909 bits per heavy atom. The third kappa shape index (κ3) is 6.01. The van der Waals surface area contributed by atoms with Crippen LogP contribution in [-0.2, 0) is 0 Å². The predicted octanol–water partition coefficient (Wildman–Crippen LogP) is 4.10. The standard InChI is InChI=1S/C28H32N2O3/c1-21-8-13-27(22(2)18-21)30-16-14-29(15-17-30)19-25(31)20-33-26-11-9-24(10-12-26)28(32)23-6-4-3-5-7-23/h3-13,18,25,31H,14-17,19-20H2,1-2H3. The molecule has 0 amide bonds. The maximum absolute atomic E-state index is 12.5. The summed E-state index contributed by atoms with van der Waals surface area (Å²) in [6.45, 7) is 8.84. The molecule has 1 aliphatic rings. The maximum atomic E-state index is 12.5. The first-order valence-electron chi connectivity index (χ1n) is 11.5. The average molecular weight is 445 g/mol. The topological polar surface area (TPSA) is 53.0 Å². The number of rotatable bonds is 8. The number of aryl methyl sites for hydroxylation is 2. The zero-order valence-corrected chi connectivity index (χ0v) is 19.4. The molecule has 0 saturated carbocycles. The Morgan fingerprint density at radius 2 is 1.58 bits per heavy atom. The van der Waals surface area contributed by atoms with Gasteiger partial charge in [0.2, 0.25) is 0 Å². The number of ketones is 1. The van der Waals surface area contributed by atoms with E-state index in [0.717, 1.165) is 26.2 Å². The van der Waals surface area contributed by atoms with Crippen LogP contribution in [0.2, 0.25) is 0 Å². The number of aliphatic hydroxyl groups is 1. The second kappa shape index (κ2) is 10.6. The van der Waals surface area contributed by atoms with Crippen molar-refractivity contribution in [1.29, 1.82) is 0 Å². The van der Waals surface area contributed by atoms with Gasteiger partial charge in [-0.25, -0.2) is 0 Å². The largest absolute Gasteiger partial charge is 0.491 e. The minimum Gasteiger partial charge on any atom is -0.491 e. The first-order chi connectivity index (χ1) is 16.0. The summed E-state index contributed by atoms with van der Waals surface area (Å²) in [7, 11) is 0. The van der Waals surface area contributed by atoms with E-state index < -0.39 is 6.10 Å². The molecule has 4 rings (SSSR count). The summed E-state index contributed by atoms with van der Waals surface area (Å²) in [5.74, 6) is 0.639. The van der Waals surface area contributed by atoms with E-state index in [2.05, 4.69) is 41.8 Å². The molecule has 0 bridgehead atoms. The second-order valence-electron chi connectivity index (χ2n) is 8.76. The van der Waals surface area contributed by atoms with Crippen molar-refractivity contribution in [2.45, 2.75) is 20.0 Å². The first-order valence-corrected chi connectivity index (χ1v) is 11.5. The number of carbonyl (C=O) groups excluding carboxylic acids is 1. The van der Waals surface area contributed by atoms with Crippen LogP contribution in [0.1, 0.15) is 27.0 Å². The highest BCUT2D eigenvalue weighted by Crippen LogP contribution is 2.22. The summed E-state index contributed by atoms with van der Waals surface area (Å²) in [6.07, 6.45) is -0.566. The van der Waals surface area contributed by atoms with Crippen molar-refractivity contribution in [2.75, 3.05) is 44.2 Å². The van der Waals surface area contributed by atoms with Gasteiger partial charge in [0.15, 0.2) is 5.78 Å². The number of aliphatic hydroxyl groups excluding tert-OH is 1. The minimum absolute atomic E-state index is 0.0119. The first kappa shape index (κ1) is 23.0. The van der Waals surface area contributed by atoms with Gasteiger partial charge < -0.3 is 14.7 Å². The fourth-order valence-corrected chi connectivity index (χ4v) is 4.33. The quantitative estimate of drug-likeness (QED) is 0.530. The molecule has 1 N–H and O–H groups in total. The molecule has 0 aliphatic carbocycles. The number of hydrogen-bond donors (Lipinski definition) is 1. The molecule has 3 aromatic rings. The second-order valence-corrected chi connectivity index (χ2v) is 8.76. The zero-order chi connectivity index (χ0) is 23.2. The van der Waals surface area contributed by atoms with Gasteiger partial charge in [-0.1, -0.05) is 48.0 Å². The van der Waals surface area contributed by atoms with Crippen molar-refractivity contribution < 1.29 is 14.6 Å². The van der Waals surface area contributed by atoms with E-state index in [0.29, 0.717) is 23.4 Å². The number of anilines is 1. The highest BCUT2D eigenvalue weighted by Gasteiger charge is 2.20. The third-order valence-electron chi connectivity index (χ3n) is 6.13. The Kier molecular flexibility index (Phi) is 7.43. The summed E-state index contributed by atoms with van der Waals surface area (Å²) in [5, 5.41) is 10.5. The Labute approximate surface area is 196 Å². The van der Waals surface area contributed by atoms with Crippen LogP contribution in [-0.4, -0.2) is 61.2 Å². The van der Waals surface area contributed by atoms with Gasteiger partial charge in [0.1, 0.15) is 18.5 Å². The Balaban J connectivity index is 1.22. The normalized spacial score (nSPS) is 15.3. The molecule has 1 atom stereocenters. The summed E-state index contributed by atoms with van der Waals surface area (Å²) in [6, 6.07) is 22.9. The predicted molar refractivity (Wildman–Crippen MR) is 132 cm³/mol. The molecule has 0 radical (unpaired) electrons. The summed E-state index contributed by atoms with van der Waals surface area (Å²) >= 11 is 0. The molecule has 5 heteroatoms. The molecule has 1 heterocycles. The van der Waals surface area contributed by atoms with E-state index in [1.54, 1.807) is 24.3 Å². The molecule has 1 unspecified atom stereocenters. The number of carbonyl (C=O) groups is 1. The van der Waals surface area contributed by atoms with Crippen molar-refractivity contribution >= 4 is 11.5 Å². The Hall–Kier alpha value is -3.15. The fourth-order valence-electron chi connectivity index (χ4n) is 4.33. The molecule has 1 aliphatic heterocycles. The summed E-state index contributed by atoms with van der Waals surface area (Å²) in [5.41, 5.74) is 5.19. The van der Waals surface area contributed by atoms with Crippen molar-refractivity contribution in [3.05, 3.63) is 95.1 Å². The molecule has 5 nitrogen and oxygen atoms in total. The van der Waals surface area contributed by atoms with Crippen LogP contribution in [0.15, 0.2) is 72.8 Å². The van der Waals surface area contributed by atoms with Crippen molar-refractivity contribution in [3.8, 4) is 5.75 Å². The fraction of sp³-hybridized carbons (Fsp3) is 0.321. The number of hydrogen-bond acceptors (Lipinski definition) is 5. The van der Waals surface area contributed by atoms with E-state index in [9.17, 15) is 9.90 Å². The van der Waals surface area contributed by atoms with Crippen LogP contribution in [0, 0.1) is 13.8 Å². The van der Waals surface area contributed by atoms with Gasteiger partial charge in [0.25, 0.3) is 0 Å². The third-order valence-corrected chi connectivity index (χ3v) is 6.13. The molecule has 33 heavy (non-hydrogen) atoms. The molecular weight excluding hydrogens is 412 g/mol. The molecule has 0 aromatic heterocycles. The Morgan fingerprint density at radius 3 is 2.24 bits per heavy atom. The lowest BCUT2D eigenvalue weighted by Gasteiger charge is -2.37. The van der Waals surface area contributed by atoms with Crippen molar-refractivity contribution in [3.63, 3.8) is 0 Å². The van der Waals surface area contributed by atoms with Crippen LogP contribution in [0.4, 0.5) is 5.69 Å². The van der Waals surface area contributed by atoms with Gasteiger partial charge in [0.05, 0.1) is 0 Å². The van der Waals surface area contributed by atoms with E-state index >= 15 is 0 Å². The van der Waals surface area contributed by atoms with Crippen LogP contribution < -0.4 is 9.64 Å².